The number of nitrogens with one attached hydrogen (secondary N) is 4. The normalized spacial score (nSPS) is 10.9. The molecular formula is C26H23F3N6O2. The Bertz CT molecular complexity index is 1360. The van der Waals surface area contributed by atoms with Gasteiger partial charge in [0.05, 0.1) is 0 Å². The molecule has 11 heteroatoms. The fraction of sp³-hybridized carbons (Fsp3) is 0.115. The maximum Gasteiger partial charge on any atom is 0.573 e. The van der Waals surface area contributed by atoms with E-state index in [1.165, 1.54) is 12.1 Å². The Balaban J connectivity index is 1.33. The van der Waals surface area contributed by atoms with Crippen LogP contribution in [0.1, 0.15) is 11.4 Å². The Kier molecular flexibility index (Phi) is 7.42. The highest BCUT2D eigenvalue weighted by Crippen LogP contribution is 2.25. The molecule has 0 spiro atoms. The van der Waals surface area contributed by atoms with E-state index in [-0.39, 0.29) is 5.75 Å². The highest BCUT2D eigenvalue weighted by Gasteiger charge is 2.30. The van der Waals surface area contributed by atoms with Gasteiger partial charge in [-0.05, 0) is 74.5 Å². The Morgan fingerprint density at radius 1 is 0.703 bits per heavy atom. The molecule has 8 nitrogen and oxygen atoms in total. The largest absolute Gasteiger partial charge is 0.573 e. The first-order chi connectivity index (χ1) is 17.6. The zero-order chi connectivity index (χ0) is 26.4. The van der Waals surface area contributed by atoms with Crippen molar-refractivity contribution in [2.75, 3.05) is 21.3 Å². The molecule has 4 N–H and O–H groups in total. The molecule has 0 fully saturated rings. The molecule has 0 saturated heterocycles. The van der Waals surface area contributed by atoms with Gasteiger partial charge in [-0.2, -0.15) is 0 Å². The van der Waals surface area contributed by atoms with Crippen LogP contribution in [0.2, 0.25) is 0 Å². The average Bonchev–Trinajstić information content (AvgIpc) is 2.82. The SMILES string of the molecule is Cc1ccc(Nc2cc(Nc3ccc(NC(=O)Nc4ccc(OC(F)(F)F)cc4)cc3)nc(C)n2)cc1. The smallest absolute Gasteiger partial charge is 0.406 e. The number of carbonyl (C=O) groups excluding carboxylic acids is 1. The first kappa shape index (κ1) is 25.3. The second-order valence-corrected chi connectivity index (χ2v) is 8.03. The summed E-state index contributed by atoms with van der Waals surface area (Å²) in [5, 5.41) is 11.7. The lowest BCUT2D eigenvalue weighted by Gasteiger charge is -2.12. The zero-order valence-electron chi connectivity index (χ0n) is 19.9. The molecule has 4 aromatic rings. The van der Waals surface area contributed by atoms with Crippen LogP contribution in [0, 0.1) is 13.8 Å². The number of aryl methyl sites for hydroxylation is 2. The van der Waals surface area contributed by atoms with Crippen molar-refractivity contribution in [2.24, 2.45) is 0 Å². The summed E-state index contributed by atoms with van der Waals surface area (Å²) in [6.45, 7) is 3.82. The van der Waals surface area contributed by atoms with Gasteiger partial charge in [0.1, 0.15) is 23.2 Å². The number of hydrogen-bond donors (Lipinski definition) is 4. The summed E-state index contributed by atoms with van der Waals surface area (Å²) in [5.41, 5.74) is 3.63. The van der Waals surface area contributed by atoms with Crippen LogP contribution in [0.3, 0.4) is 0 Å². The van der Waals surface area contributed by atoms with Crippen molar-refractivity contribution in [3.63, 3.8) is 0 Å². The lowest BCUT2D eigenvalue weighted by Crippen LogP contribution is -2.19. The van der Waals surface area contributed by atoms with Gasteiger partial charge in [0.25, 0.3) is 0 Å². The molecule has 190 valence electrons. The predicted octanol–water partition coefficient (Wildman–Crippen LogP) is 7.12. The second-order valence-electron chi connectivity index (χ2n) is 8.03. The first-order valence-electron chi connectivity index (χ1n) is 11.1. The summed E-state index contributed by atoms with van der Waals surface area (Å²) in [5.74, 6) is 1.45. The third kappa shape index (κ3) is 7.85. The molecule has 0 bridgehead atoms. The number of alkyl halides is 3. The van der Waals surface area contributed by atoms with Gasteiger partial charge in [0.15, 0.2) is 0 Å². The van der Waals surface area contributed by atoms with E-state index in [0.29, 0.717) is 28.8 Å². The van der Waals surface area contributed by atoms with Gasteiger partial charge >= 0.3 is 12.4 Å². The monoisotopic (exact) mass is 508 g/mol. The standard InChI is InChI=1S/C26H23F3N6O2/c1-16-3-5-18(6-4-16)32-23-15-24(31-17(2)30-23)33-19-7-9-20(10-8-19)34-25(36)35-21-11-13-22(14-12-21)37-26(27,28)29/h3-15H,1-2H3,(H2,34,35,36)(H2,30,31,32,33). The zero-order valence-corrected chi connectivity index (χ0v) is 19.9. The Hall–Kier alpha value is -4.80. The molecule has 0 radical (unpaired) electrons. The number of halogens is 3. The summed E-state index contributed by atoms with van der Waals surface area (Å²) >= 11 is 0. The van der Waals surface area contributed by atoms with Crippen molar-refractivity contribution in [1.82, 2.24) is 9.97 Å². The predicted molar refractivity (Wildman–Crippen MR) is 137 cm³/mol. The lowest BCUT2D eigenvalue weighted by molar-refractivity contribution is -0.274. The van der Waals surface area contributed by atoms with Crippen LogP contribution in [-0.2, 0) is 0 Å². The number of amides is 2. The van der Waals surface area contributed by atoms with E-state index in [2.05, 4.69) is 36.0 Å². The molecule has 0 saturated carbocycles. The minimum Gasteiger partial charge on any atom is -0.406 e. The van der Waals surface area contributed by atoms with Gasteiger partial charge in [-0.3, -0.25) is 0 Å². The number of ether oxygens (including phenoxy) is 1. The van der Waals surface area contributed by atoms with Crippen molar-refractivity contribution < 1.29 is 22.7 Å². The number of rotatable bonds is 7. The Labute approximate surface area is 210 Å². The number of hydrogen-bond acceptors (Lipinski definition) is 6. The van der Waals surface area contributed by atoms with E-state index in [0.717, 1.165) is 29.1 Å². The molecule has 2 amide bonds. The van der Waals surface area contributed by atoms with Gasteiger partial charge in [-0.1, -0.05) is 17.7 Å². The third-order valence-corrected chi connectivity index (χ3v) is 4.92. The van der Waals surface area contributed by atoms with Crippen LogP contribution in [0.25, 0.3) is 0 Å². The number of nitrogens with zero attached hydrogens (tertiary/aromatic N) is 2. The molecule has 4 rings (SSSR count). The van der Waals surface area contributed by atoms with E-state index in [1.807, 2.05) is 31.2 Å². The summed E-state index contributed by atoms with van der Waals surface area (Å²) in [7, 11) is 0. The summed E-state index contributed by atoms with van der Waals surface area (Å²) in [6.07, 6.45) is -4.78. The minimum absolute atomic E-state index is 0.305. The molecule has 0 aliphatic rings. The number of benzene rings is 3. The molecule has 1 heterocycles. The van der Waals surface area contributed by atoms with E-state index >= 15 is 0 Å². The van der Waals surface area contributed by atoms with E-state index in [9.17, 15) is 18.0 Å². The summed E-state index contributed by atoms with van der Waals surface area (Å²) in [4.78, 5) is 21.1. The second kappa shape index (κ2) is 10.9. The minimum atomic E-state index is -4.78. The quantitative estimate of drug-likeness (QED) is 0.212. The molecule has 1 aromatic heterocycles. The van der Waals surface area contributed by atoms with Crippen LogP contribution in [0.15, 0.2) is 78.9 Å². The van der Waals surface area contributed by atoms with Gasteiger partial charge < -0.3 is 26.0 Å². The maximum atomic E-state index is 12.3. The molecule has 0 unspecified atom stereocenters. The van der Waals surface area contributed by atoms with Crippen LogP contribution in [0.5, 0.6) is 5.75 Å². The molecule has 37 heavy (non-hydrogen) atoms. The topological polar surface area (TPSA) is 100 Å². The number of carbonyl (C=O) groups is 1. The van der Waals surface area contributed by atoms with Crippen molar-refractivity contribution in [2.45, 2.75) is 20.2 Å². The highest BCUT2D eigenvalue weighted by atomic mass is 19.4. The van der Waals surface area contributed by atoms with Crippen molar-refractivity contribution in [1.29, 1.82) is 0 Å². The molecular weight excluding hydrogens is 485 g/mol. The number of urea groups is 1. The summed E-state index contributed by atoms with van der Waals surface area (Å²) < 4.78 is 40.6. The fourth-order valence-electron chi connectivity index (χ4n) is 3.30. The van der Waals surface area contributed by atoms with Crippen molar-refractivity contribution in [3.05, 3.63) is 90.3 Å². The van der Waals surface area contributed by atoms with Crippen LogP contribution < -0.4 is 26.0 Å². The molecule has 0 aliphatic carbocycles. The van der Waals surface area contributed by atoms with Crippen molar-refractivity contribution >= 4 is 40.4 Å². The number of anilines is 6. The maximum absolute atomic E-state index is 12.3. The first-order valence-corrected chi connectivity index (χ1v) is 11.1. The van der Waals surface area contributed by atoms with Gasteiger partial charge in [0, 0.05) is 28.8 Å². The Morgan fingerprint density at radius 2 is 1.14 bits per heavy atom. The third-order valence-electron chi connectivity index (χ3n) is 4.92. The molecule has 0 atom stereocenters. The Morgan fingerprint density at radius 3 is 1.62 bits per heavy atom. The van der Waals surface area contributed by atoms with Gasteiger partial charge in [-0.25, -0.2) is 14.8 Å². The van der Waals surface area contributed by atoms with E-state index in [1.54, 1.807) is 37.3 Å². The summed E-state index contributed by atoms with van der Waals surface area (Å²) in [6, 6.07) is 21.0. The van der Waals surface area contributed by atoms with Crippen molar-refractivity contribution in [3.8, 4) is 5.75 Å². The van der Waals surface area contributed by atoms with Crippen LogP contribution in [0.4, 0.5) is 52.4 Å². The lowest BCUT2D eigenvalue weighted by atomic mass is 10.2. The van der Waals surface area contributed by atoms with Gasteiger partial charge in [-0.15, -0.1) is 13.2 Å². The van der Waals surface area contributed by atoms with Crippen LogP contribution in [-0.4, -0.2) is 22.4 Å². The fourth-order valence-corrected chi connectivity index (χ4v) is 3.30. The number of aromatic nitrogens is 2. The highest BCUT2D eigenvalue weighted by molar-refractivity contribution is 5.99. The van der Waals surface area contributed by atoms with Gasteiger partial charge in [0.2, 0.25) is 0 Å². The molecule has 0 aliphatic heterocycles. The van der Waals surface area contributed by atoms with E-state index in [4.69, 9.17) is 0 Å². The van der Waals surface area contributed by atoms with E-state index < -0.39 is 12.4 Å². The molecule has 3 aromatic carbocycles. The average molecular weight is 509 g/mol. The van der Waals surface area contributed by atoms with Crippen LogP contribution >= 0.6 is 0 Å².